The van der Waals surface area contributed by atoms with Crippen molar-refractivity contribution in [2.24, 2.45) is 0 Å². The number of benzene rings is 1. The van der Waals surface area contributed by atoms with Gasteiger partial charge in [-0.15, -0.1) is 0 Å². The van der Waals surface area contributed by atoms with Crippen molar-refractivity contribution in [3.63, 3.8) is 0 Å². The lowest BCUT2D eigenvalue weighted by molar-refractivity contribution is -0.142. The highest BCUT2D eigenvalue weighted by Crippen LogP contribution is 2.16. The monoisotopic (exact) mass is 293 g/mol. The Morgan fingerprint density at radius 1 is 1.38 bits per heavy atom. The van der Waals surface area contributed by atoms with Crippen LogP contribution in [0.4, 0.5) is 0 Å². The summed E-state index contributed by atoms with van der Waals surface area (Å²) in [6, 6.07) is 6.81. The standard InChI is InChI=1S/C15H19NO5/c1-11(15(19)16-5-7-20-8-6-16)21-13-4-2-3-12(9-13)10-14(17)18/h2-4,9,11H,5-8,10H2,1H3,(H,17,18). The molecular weight excluding hydrogens is 274 g/mol. The van der Waals surface area contributed by atoms with Gasteiger partial charge in [0.05, 0.1) is 19.6 Å². The van der Waals surface area contributed by atoms with E-state index in [2.05, 4.69) is 0 Å². The van der Waals surface area contributed by atoms with Crippen LogP contribution >= 0.6 is 0 Å². The maximum absolute atomic E-state index is 12.2. The van der Waals surface area contributed by atoms with E-state index in [1.165, 1.54) is 0 Å². The zero-order valence-corrected chi connectivity index (χ0v) is 11.9. The van der Waals surface area contributed by atoms with Crippen LogP contribution < -0.4 is 4.74 Å². The Morgan fingerprint density at radius 2 is 2.10 bits per heavy atom. The molecule has 0 aliphatic carbocycles. The summed E-state index contributed by atoms with van der Waals surface area (Å²) in [5.74, 6) is -0.477. The van der Waals surface area contributed by atoms with Gasteiger partial charge in [0.1, 0.15) is 5.75 Å². The van der Waals surface area contributed by atoms with E-state index in [0.717, 1.165) is 0 Å². The summed E-state index contributed by atoms with van der Waals surface area (Å²) in [6.07, 6.45) is -0.675. The van der Waals surface area contributed by atoms with E-state index in [9.17, 15) is 9.59 Å². The highest BCUT2D eigenvalue weighted by molar-refractivity contribution is 5.81. The van der Waals surface area contributed by atoms with Gasteiger partial charge in [0.2, 0.25) is 0 Å². The van der Waals surface area contributed by atoms with E-state index in [1.807, 2.05) is 0 Å². The smallest absolute Gasteiger partial charge is 0.307 e. The number of hydrogen-bond donors (Lipinski definition) is 1. The zero-order chi connectivity index (χ0) is 15.2. The Bertz CT molecular complexity index is 511. The third-order valence-electron chi connectivity index (χ3n) is 3.24. The minimum Gasteiger partial charge on any atom is -0.481 e. The number of carboxylic acids is 1. The Balaban J connectivity index is 1.96. The molecule has 1 aromatic rings. The number of ether oxygens (including phenoxy) is 2. The van der Waals surface area contributed by atoms with Gasteiger partial charge in [-0.05, 0) is 24.6 Å². The number of carbonyl (C=O) groups is 2. The van der Waals surface area contributed by atoms with E-state index in [-0.39, 0.29) is 12.3 Å². The van der Waals surface area contributed by atoms with Crippen LogP contribution in [0.3, 0.4) is 0 Å². The second-order valence-corrected chi connectivity index (χ2v) is 4.92. The quantitative estimate of drug-likeness (QED) is 0.874. The zero-order valence-electron chi connectivity index (χ0n) is 11.9. The Kier molecular flexibility index (Phi) is 5.16. The van der Waals surface area contributed by atoms with E-state index >= 15 is 0 Å². The molecule has 21 heavy (non-hydrogen) atoms. The SMILES string of the molecule is CC(Oc1cccc(CC(=O)O)c1)C(=O)N1CCOCC1. The summed E-state index contributed by atoms with van der Waals surface area (Å²) in [5.41, 5.74) is 0.644. The molecule has 0 radical (unpaired) electrons. The first-order valence-corrected chi connectivity index (χ1v) is 6.90. The number of carboxylic acid groups (broad SMARTS) is 1. The van der Waals surface area contributed by atoms with Crippen LogP contribution in [0.15, 0.2) is 24.3 Å². The molecule has 1 fully saturated rings. The molecule has 2 rings (SSSR count). The summed E-state index contributed by atoms with van der Waals surface area (Å²) in [4.78, 5) is 24.6. The number of aliphatic carboxylic acids is 1. The number of carbonyl (C=O) groups excluding carboxylic acids is 1. The molecule has 0 saturated carbocycles. The van der Waals surface area contributed by atoms with Crippen molar-refractivity contribution in [3.8, 4) is 5.75 Å². The van der Waals surface area contributed by atoms with Crippen LogP contribution in [0.5, 0.6) is 5.75 Å². The van der Waals surface area contributed by atoms with Crippen molar-refractivity contribution in [1.29, 1.82) is 0 Å². The van der Waals surface area contributed by atoms with Crippen molar-refractivity contribution in [3.05, 3.63) is 29.8 Å². The number of amides is 1. The van der Waals surface area contributed by atoms with Crippen molar-refractivity contribution in [2.45, 2.75) is 19.4 Å². The number of nitrogens with zero attached hydrogens (tertiary/aromatic N) is 1. The lowest BCUT2D eigenvalue weighted by Crippen LogP contribution is -2.46. The normalized spacial score (nSPS) is 16.3. The third kappa shape index (κ3) is 4.46. The molecule has 1 saturated heterocycles. The van der Waals surface area contributed by atoms with Crippen molar-refractivity contribution in [2.75, 3.05) is 26.3 Å². The van der Waals surface area contributed by atoms with Crippen LogP contribution in [0, 0.1) is 0 Å². The van der Waals surface area contributed by atoms with Gasteiger partial charge in [0, 0.05) is 13.1 Å². The predicted octanol–water partition coefficient (Wildman–Crippen LogP) is 0.940. The summed E-state index contributed by atoms with van der Waals surface area (Å²) in [5, 5.41) is 8.78. The van der Waals surface area contributed by atoms with Crippen LogP contribution in [-0.4, -0.2) is 54.3 Å². The van der Waals surface area contributed by atoms with Gasteiger partial charge in [0.15, 0.2) is 6.10 Å². The van der Waals surface area contributed by atoms with Crippen LogP contribution in [0.2, 0.25) is 0 Å². The first kappa shape index (κ1) is 15.3. The number of morpholine rings is 1. The molecule has 1 aromatic carbocycles. The summed E-state index contributed by atoms with van der Waals surface area (Å²) in [6.45, 7) is 3.94. The van der Waals surface area contributed by atoms with Gasteiger partial charge in [-0.2, -0.15) is 0 Å². The molecule has 0 aromatic heterocycles. The van der Waals surface area contributed by atoms with E-state index in [4.69, 9.17) is 14.6 Å². The second-order valence-electron chi connectivity index (χ2n) is 4.92. The summed E-state index contributed by atoms with van der Waals surface area (Å²) < 4.78 is 10.8. The van der Waals surface area contributed by atoms with Crippen LogP contribution in [-0.2, 0) is 20.7 Å². The fourth-order valence-electron chi connectivity index (χ4n) is 2.20. The Hall–Kier alpha value is -2.08. The fourth-order valence-corrected chi connectivity index (χ4v) is 2.20. The summed E-state index contributed by atoms with van der Waals surface area (Å²) in [7, 11) is 0. The van der Waals surface area contributed by atoms with Gasteiger partial charge in [-0.1, -0.05) is 12.1 Å². The molecule has 0 spiro atoms. The molecule has 6 nitrogen and oxygen atoms in total. The van der Waals surface area contributed by atoms with Crippen molar-refractivity contribution in [1.82, 2.24) is 4.90 Å². The van der Waals surface area contributed by atoms with Crippen molar-refractivity contribution >= 4 is 11.9 Å². The highest BCUT2D eigenvalue weighted by Gasteiger charge is 2.23. The van der Waals surface area contributed by atoms with Gasteiger partial charge in [0.25, 0.3) is 5.91 Å². The fraction of sp³-hybridized carbons (Fsp3) is 0.467. The minimum atomic E-state index is -0.899. The predicted molar refractivity (Wildman–Crippen MR) is 75.3 cm³/mol. The topological polar surface area (TPSA) is 76.1 Å². The molecule has 114 valence electrons. The maximum atomic E-state index is 12.2. The van der Waals surface area contributed by atoms with Crippen LogP contribution in [0.1, 0.15) is 12.5 Å². The summed E-state index contributed by atoms with van der Waals surface area (Å²) >= 11 is 0. The second kappa shape index (κ2) is 7.08. The van der Waals surface area contributed by atoms with Gasteiger partial charge >= 0.3 is 5.97 Å². The lowest BCUT2D eigenvalue weighted by atomic mass is 10.1. The molecule has 1 aliphatic rings. The molecule has 1 aliphatic heterocycles. The average molecular weight is 293 g/mol. The molecule has 1 amide bonds. The lowest BCUT2D eigenvalue weighted by Gasteiger charge is -2.29. The van der Waals surface area contributed by atoms with Gasteiger partial charge < -0.3 is 19.5 Å². The maximum Gasteiger partial charge on any atom is 0.307 e. The molecule has 1 heterocycles. The number of hydrogen-bond acceptors (Lipinski definition) is 4. The van der Waals surface area contributed by atoms with E-state index in [0.29, 0.717) is 37.6 Å². The van der Waals surface area contributed by atoms with Gasteiger partial charge in [-0.3, -0.25) is 9.59 Å². The minimum absolute atomic E-state index is 0.0665. The molecule has 0 bridgehead atoms. The van der Waals surface area contributed by atoms with Crippen LogP contribution in [0.25, 0.3) is 0 Å². The molecular formula is C15H19NO5. The molecule has 1 N–H and O–H groups in total. The van der Waals surface area contributed by atoms with E-state index < -0.39 is 12.1 Å². The third-order valence-corrected chi connectivity index (χ3v) is 3.24. The number of rotatable bonds is 5. The molecule has 1 atom stereocenters. The Labute approximate surface area is 123 Å². The average Bonchev–Trinajstić information content (AvgIpc) is 2.47. The molecule has 1 unspecified atom stereocenters. The molecule has 6 heteroatoms. The highest BCUT2D eigenvalue weighted by atomic mass is 16.5. The van der Waals surface area contributed by atoms with Gasteiger partial charge in [-0.25, -0.2) is 0 Å². The van der Waals surface area contributed by atoms with Crippen molar-refractivity contribution < 1.29 is 24.2 Å². The first-order chi connectivity index (χ1) is 10.1. The Morgan fingerprint density at radius 3 is 2.76 bits per heavy atom. The largest absolute Gasteiger partial charge is 0.481 e. The first-order valence-electron chi connectivity index (χ1n) is 6.90. The van der Waals surface area contributed by atoms with E-state index in [1.54, 1.807) is 36.1 Å².